The molecule has 0 radical (unpaired) electrons. The van der Waals surface area contributed by atoms with E-state index in [2.05, 4.69) is 60.9 Å². The van der Waals surface area contributed by atoms with E-state index >= 15 is 0 Å². The molecular formula is C20H32BrNO3Si. The van der Waals surface area contributed by atoms with Crippen molar-refractivity contribution in [1.29, 1.82) is 0 Å². The van der Waals surface area contributed by atoms with Gasteiger partial charge in [0, 0.05) is 10.5 Å². The zero-order valence-corrected chi connectivity index (χ0v) is 19.4. The summed E-state index contributed by atoms with van der Waals surface area (Å²) in [4.78, 5) is 4.54. The first-order valence-corrected chi connectivity index (χ1v) is 13.0. The molecule has 0 saturated carbocycles. The number of aliphatic hydroxyl groups excluding tert-OH is 1. The molecule has 0 aliphatic heterocycles. The van der Waals surface area contributed by atoms with Crippen molar-refractivity contribution in [1.82, 2.24) is 4.98 Å². The van der Waals surface area contributed by atoms with Gasteiger partial charge < -0.3 is 14.3 Å². The van der Waals surface area contributed by atoms with Gasteiger partial charge in [0.1, 0.15) is 0 Å². The van der Waals surface area contributed by atoms with E-state index in [1.807, 2.05) is 12.1 Å². The van der Waals surface area contributed by atoms with Crippen molar-refractivity contribution in [3.63, 3.8) is 0 Å². The number of halogens is 1. The van der Waals surface area contributed by atoms with Crippen molar-refractivity contribution >= 4 is 24.2 Å². The monoisotopic (exact) mass is 441 g/mol. The first-order valence-electron chi connectivity index (χ1n) is 9.25. The second kappa shape index (κ2) is 8.55. The average molecular weight is 442 g/mol. The van der Waals surface area contributed by atoms with Gasteiger partial charge in [-0.1, -0.05) is 26.8 Å². The zero-order valence-electron chi connectivity index (χ0n) is 16.8. The Kier molecular flexibility index (Phi) is 7.10. The molecule has 1 aliphatic carbocycles. The van der Waals surface area contributed by atoms with E-state index in [4.69, 9.17) is 9.16 Å². The molecule has 0 unspecified atom stereocenters. The summed E-state index contributed by atoms with van der Waals surface area (Å²) in [5.41, 5.74) is 1.95. The van der Waals surface area contributed by atoms with Crippen LogP contribution in [0.15, 0.2) is 28.3 Å². The van der Waals surface area contributed by atoms with Gasteiger partial charge in [0.15, 0.2) is 8.32 Å². The second-order valence-corrected chi connectivity index (χ2v) is 14.3. The lowest BCUT2D eigenvalue weighted by molar-refractivity contribution is 0.114. The van der Waals surface area contributed by atoms with Crippen molar-refractivity contribution in [3.05, 3.63) is 33.9 Å². The number of ether oxygens (including phenoxy) is 1. The maximum Gasteiger partial charge on any atom is 0.213 e. The maximum absolute atomic E-state index is 10.9. The summed E-state index contributed by atoms with van der Waals surface area (Å²) in [6.07, 6.45) is 4.32. The Bertz CT molecular complexity index is 655. The number of methoxy groups -OCH3 is 1. The molecule has 146 valence electrons. The topological polar surface area (TPSA) is 51.6 Å². The fraction of sp³-hybridized carbons (Fsp3) is 0.650. The van der Waals surface area contributed by atoms with Crippen LogP contribution in [0.1, 0.15) is 39.3 Å². The zero-order chi connectivity index (χ0) is 19.5. The largest absolute Gasteiger partial charge is 0.481 e. The summed E-state index contributed by atoms with van der Waals surface area (Å²) in [5, 5.41) is 11.1. The second-order valence-electron chi connectivity index (χ2n) is 8.60. The molecule has 6 heteroatoms. The van der Waals surface area contributed by atoms with E-state index in [9.17, 15) is 5.11 Å². The summed E-state index contributed by atoms with van der Waals surface area (Å²) >= 11 is 3.57. The molecule has 0 amide bonds. The van der Waals surface area contributed by atoms with Crippen LogP contribution in [0.25, 0.3) is 0 Å². The van der Waals surface area contributed by atoms with Crippen LogP contribution in [0.2, 0.25) is 18.1 Å². The smallest absolute Gasteiger partial charge is 0.213 e. The Morgan fingerprint density at radius 2 is 2.00 bits per heavy atom. The first kappa shape index (κ1) is 21.6. The molecule has 0 saturated heterocycles. The Labute approximate surface area is 167 Å². The van der Waals surface area contributed by atoms with Crippen LogP contribution in [0.4, 0.5) is 0 Å². The maximum atomic E-state index is 10.9. The number of rotatable bonds is 6. The first-order chi connectivity index (χ1) is 12.0. The van der Waals surface area contributed by atoms with Crippen molar-refractivity contribution in [2.24, 2.45) is 5.92 Å². The standard InChI is InChI=1S/C20H32BrNO3Si/c1-20(2,3)26(5,6)25-13-15-9-7-8-14(19(15)23)12-17-16(21)10-11-18(22-17)24-4/h9-11,14,19,23H,7-8,12-13H2,1-6H3/t14-,19+/m0/s1. The Morgan fingerprint density at radius 1 is 1.31 bits per heavy atom. The van der Waals surface area contributed by atoms with E-state index in [0.717, 1.165) is 35.0 Å². The summed E-state index contributed by atoms with van der Waals surface area (Å²) < 4.78 is 12.5. The molecule has 1 N–H and O–H groups in total. The number of pyridine rings is 1. The number of nitrogens with zero attached hydrogens (tertiary/aromatic N) is 1. The van der Waals surface area contributed by atoms with Gasteiger partial charge in [-0.05, 0) is 70.9 Å². The van der Waals surface area contributed by atoms with Gasteiger partial charge in [0.2, 0.25) is 5.88 Å². The van der Waals surface area contributed by atoms with Crippen molar-refractivity contribution < 1.29 is 14.3 Å². The van der Waals surface area contributed by atoms with Crippen LogP contribution in [0, 0.1) is 5.92 Å². The highest BCUT2D eigenvalue weighted by Crippen LogP contribution is 2.38. The molecular weight excluding hydrogens is 410 g/mol. The van der Waals surface area contributed by atoms with Crippen molar-refractivity contribution in [3.8, 4) is 5.88 Å². The summed E-state index contributed by atoms with van der Waals surface area (Å²) in [7, 11) is -0.205. The molecule has 0 aromatic carbocycles. The molecule has 1 aliphatic rings. The predicted molar refractivity (Wildman–Crippen MR) is 112 cm³/mol. The van der Waals surface area contributed by atoms with Crippen molar-refractivity contribution in [2.75, 3.05) is 13.7 Å². The van der Waals surface area contributed by atoms with E-state index < -0.39 is 14.4 Å². The molecule has 4 nitrogen and oxygen atoms in total. The highest BCUT2D eigenvalue weighted by Gasteiger charge is 2.38. The lowest BCUT2D eigenvalue weighted by Gasteiger charge is -2.38. The van der Waals surface area contributed by atoms with Gasteiger partial charge in [0.25, 0.3) is 0 Å². The SMILES string of the molecule is COc1ccc(Br)c(C[C@@H]2CCC=C(CO[Si](C)(C)C(C)(C)C)[C@@H]2O)n1. The third kappa shape index (κ3) is 5.18. The molecule has 2 atom stereocenters. The molecule has 1 heterocycles. The van der Waals surface area contributed by atoms with Crippen LogP contribution >= 0.6 is 15.9 Å². The van der Waals surface area contributed by atoms with Crippen LogP contribution in [-0.2, 0) is 10.8 Å². The van der Waals surface area contributed by atoms with Gasteiger partial charge in [-0.2, -0.15) is 0 Å². The van der Waals surface area contributed by atoms with Gasteiger partial charge in [-0.3, -0.25) is 0 Å². The molecule has 0 fully saturated rings. The van der Waals surface area contributed by atoms with E-state index in [-0.39, 0.29) is 11.0 Å². The third-order valence-corrected chi connectivity index (χ3v) is 10.9. The highest BCUT2D eigenvalue weighted by atomic mass is 79.9. The Morgan fingerprint density at radius 3 is 2.62 bits per heavy atom. The van der Waals surface area contributed by atoms with E-state index in [1.165, 1.54) is 0 Å². The normalized spacial score (nSPS) is 21.5. The third-order valence-electron chi connectivity index (χ3n) is 5.73. The molecule has 26 heavy (non-hydrogen) atoms. The van der Waals surface area contributed by atoms with E-state index in [1.54, 1.807) is 7.11 Å². The molecule has 0 spiro atoms. The van der Waals surface area contributed by atoms with Gasteiger partial charge in [0.05, 0.1) is 25.5 Å². The number of aliphatic hydroxyl groups is 1. The summed E-state index contributed by atoms with van der Waals surface area (Å²) in [5.74, 6) is 0.749. The quantitative estimate of drug-likeness (QED) is 0.491. The fourth-order valence-corrected chi connectivity index (χ4v) is 4.22. The minimum Gasteiger partial charge on any atom is -0.481 e. The minimum atomic E-state index is -1.82. The number of hydrogen-bond acceptors (Lipinski definition) is 4. The summed E-state index contributed by atoms with van der Waals surface area (Å²) in [6, 6.07) is 3.79. The number of aromatic nitrogens is 1. The van der Waals surface area contributed by atoms with E-state index in [0.29, 0.717) is 12.5 Å². The molecule has 1 aromatic rings. The van der Waals surface area contributed by atoms with Crippen LogP contribution in [-0.4, -0.2) is 38.2 Å². The summed E-state index contributed by atoms with van der Waals surface area (Å²) in [6.45, 7) is 11.7. The molecule has 0 bridgehead atoms. The minimum absolute atomic E-state index is 0.147. The van der Waals surface area contributed by atoms with Gasteiger partial charge >= 0.3 is 0 Å². The van der Waals surface area contributed by atoms with Gasteiger partial charge in [-0.25, -0.2) is 4.98 Å². The fourth-order valence-electron chi connectivity index (χ4n) is 2.87. The van der Waals surface area contributed by atoms with Crippen LogP contribution in [0.3, 0.4) is 0 Å². The highest BCUT2D eigenvalue weighted by molar-refractivity contribution is 9.10. The number of allylic oxidation sites excluding steroid dienone is 1. The van der Waals surface area contributed by atoms with Gasteiger partial charge in [-0.15, -0.1) is 0 Å². The van der Waals surface area contributed by atoms with Crippen LogP contribution < -0.4 is 4.74 Å². The Balaban J connectivity index is 2.05. The lowest BCUT2D eigenvalue weighted by Crippen LogP contribution is -2.42. The van der Waals surface area contributed by atoms with Crippen LogP contribution in [0.5, 0.6) is 5.88 Å². The van der Waals surface area contributed by atoms with Crippen molar-refractivity contribution in [2.45, 2.75) is 64.3 Å². The number of hydrogen-bond donors (Lipinski definition) is 1. The average Bonchev–Trinajstić information content (AvgIpc) is 2.56. The predicted octanol–water partition coefficient (Wildman–Crippen LogP) is 5.11. The molecule has 1 aromatic heterocycles. The molecule has 2 rings (SSSR count). The lowest BCUT2D eigenvalue weighted by atomic mass is 9.83. The Hall–Kier alpha value is -0.693.